The van der Waals surface area contributed by atoms with Gasteiger partial charge in [0.15, 0.2) is 11.6 Å². The molecule has 1 rings (SSSR count). The molecule has 86 valence electrons. The van der Waals surface area contributed by atoms with Gasteiger partial charge in [-0.1, -0.05) is 0 Å². The summed E-state index contributed by atoms with van der Waals surface area (Å²) in [6.07, 6.45) is 2.66. The molecule has 0 heterocycles. The van der Waals surface area contributed by atoms with Crippen molar-refractivity contribution in [2.75, 3.05) is 0 Å². The molecular weight excluding hydrogens is 237 g/mol. The third-order valence-electron chi connectivity index (χ3n) is 1.71. The Labute approximate surface area is 95.3 Å². The van der Waals surface area contributed by atoms with Crippen molar-refractivity contribution in [3.05, 3.63) is 53.2 Å². The predicted octanol–water partition coefficient (Wildman–Crippen LogP) is 2.90. The molecule has 0 amide bonds. The fourth-order valence-electron chi connectivity index (χ4n) is 0.962. The van der Waals surface area contributed by atoms with Gasteiger partial charge in [0.2, 0.25) is 0 Å². The summed E-state index contributed by atoms with van der Waals surface area (Å²) in [5, 5.41) is 3.74. The zero-order chi connectivity index (χ0) is 12.0. The van der Waals surface area contributed by atoms with Crippen LogP contribution in [0.2, 0.25) is 0 Å². The highest BCUT2D eigenvalue weighted by atomic mass is 32.2. The number of hydrogen-bond donors (Lipinski definition) is 2. The second-order valence-electron chi connectivity index (χ2n) is 2.79. The molecule has 0 saturated heterocycles. The molecular formula is C10H9F3N2S. The van der Waals surface area contributed by atoms with Crippen LogP contribution >= 0.6 is 12.1 Å². The first-order chi connectivity index (χ1) is 7.65. The van der Waals surface area contributed by atoms with Crippen molar-refractivity contribution >= 4 is 17.8 Å². The lowest BCUT2D eigenvalue weighted by Crippen LogP contribution is -2.03. The zero-order valence-electron chi connectivity index (χ0n) is 8.08. The SMILES string of the molecule is N/C(=C\N/C=C\SF)c1ccc(F)c(F)c1. The van der Waals surface area contributed by atoms with Crippen molar-refractivity contribution in [2.45, 2.75) is 0 Å². The number of hydrogen-bond acceptors (Lipinski definition) is 3. The van der Waals surface area contributed by atoms with Crippen LogP contribution in [0.5, 0.6) is 0 Å². The lowest BCUT2D eigenvalue weighted by molar-refractivity contribution is 0.508. The molecule has 0 aliphatic carbocycles. The molecule has 16 heavy (non-hydrogen) atoms. The molecule has 1 aromatic carbocycles. The van der Waals surface area contributed by atoms with Gasteiger partial charge in [-0.2, -0.15) is 3.89 Å². The first-order valence-corrected chi connectivity index (χ1v) is 5.02. The van der Waals surface area contributed by atoms with E-state index in [0.29, 0.717) is 5.56 Å². The Kier molecular flexibility index (Phi) is 4.78. The van der Waals surface area contributed by atoms with Crippen LogP contribution in [0.25, 0.3) is 5.70 Å². The monoisotopic (exact) mass is 246 g/mol. The third-order valence-corrected chi connectivity index (χ3v) is 1.95. The molecule has 0 atom stereocenters. The van der Waals surface area contributed by atoms with Crippen molar-refractivity contribution in [2.24, 2.45) is 5.73 Å². The van der Waals surface area contributed by atoms with Gasteiger partial charge in [-0.15, -0.1) is 0 Å². The van der Waals surface area contributed by atoms with Gasteiger partial charge in [-0.05, 0) is 18.2 Å². The highest BCUT2D eigenvalue weighted by Crippen LogP contribution is 2.13. The zero-order valence-corrected chi connectivity index (χ0v) is 8.90. The minimum atomic E-state index is -0.969. The van der Waals surface area contributed by atoms with Crippen LogP contribution in [0.3, 0.4) is 0 Å². The quantitative estimate of drug-likeness (QED) is 0.857. The molecule has 6 heteroatoms. The van der Waals surface area contributed by atoms with Crippen molar-refractivity contribution in [3.63, 3.8) is 0 Å². The maximum Gasteiger partial charge on any atom is 0.159 e. The van der Waals surface area contributed by atoms with Crippen LogP contribution in [-0.2, 0) is 0 Å². The van der Waals surface area contributed by atoms with E-state index < -0.39 is 11.6 Å². The third kappa shape index (κ3) is 3.54. The van der Waals surface area contributed by atoms with Gasteiger partial charge in [0.25, 0.3) is 0 Å². The molecule has 0 aromatic heterocycles. The summed E-state index contributed by atoms with van der Waals surface area (Å²) >= 11 is 0.0308. The summed E-state index contributed by atoms with van der Waals surface area (Å²) in [4.78, 5) is 0. The molecule has 0 aliphatic rings. The molecule has 3 N–H and O–H groups in total. The van der Waals surface area contributed by atoms with E-state index in [1.807, 2.05) is 0 Å². The van der Waals surface area contributed by atoms with Gasteiger partial charge in [-0.3, -0.25) is 0 Å². The average molecular weight is 246 g/mol. The van der Waals surface area contributed by atoms with Gasteiger partial charge in [0.05, 0.1) is 17.8 Å². The molecule has 0 radical (unpaired) electrons. The number of halogens is 3. The summed E-state index contributed by atoms with van der Waals surface area (Å²) in [5.74, 6) is -1.90. The van der Waals surface area contributed by atoms with Crippen molar-refractivity contribution < 1.29 is 12.7 Å². The lowest BCUT2D eigenvalue weighted by Gasteiger charge is -2.02. The highest BCUT2D eigenvalue weighted by molar-refractivity contribution is 7.97. The first-order valence-electron chi connectivity index (χ1n) is 4.24. The second kappa shape index (κ2) is 6.12. The van der Waals surface area contributed by atoms with Gasteiger partial charge >= 0.3 is 0 Å². The van der Waals surface area contributed by atoms with Crippen molar-refractivity contribution in [1.29, 1.82) is 0 Å². The highest BCUT2D eigenvalue weighted by Gasteiger charge is 2.03. The number of benzene rings is 1. The summed E-state index contributed by atoms with van der Waals surface area (Å²) in [5.41, 5.74) is 6.13. The Morgan fingerprint density at radius 2 is 2.06 bits per heavy atom. The van der Waals surface area contributed by atoms with Gasteiger partial charge in [-0.25, -0.2) is 8.78 Å². The Morgan fingerprint density at radius 1 is 1.31 bits per heavy atom. The second-order valence-corrected chi connectivity index (χ2v) is 3.24. The fourth-order valence-corrected chi connectivity index (χ4v) is 1.09. The van der Waals surface area contributed by atoms with Crippen molar-refractivity contribution in [3.8, 4) is 0 Å². The largest absolute Gasteiger partial charge is 0.397 e. The Bertz CT molecular complexity index is 419. The maximum atomic E-state index is 12.8. The summed E-state index contributed by atoms with van der Waals surface area (Å²) in [6.45, 7) is 0. The van der Waals surface area contributed by atoms with Gasteiger partial charge in [0, 0.05) is 23.4 Å². The molecule has 0 aliphatic heterocycles. The Morgan fingerprint density at radius 3 is 2.69 bits per heavy atom. The lowest BCUT2D eigenvalue weighted by atomic mass is 10.1. The van der Waals surface area contributed by atoms with Crippen LogP contribution in [0.15, 0.2) is 36.0 Å². The van der Waals surface area contributed by atoms with E-state index in [1.54, 1.807) is 0 Å². The number of rotatable bonds is 4. The maximum absolute atomic E-state index is 12.8. The topological polar surface area (TPSA) is 38.0 Å². The molecule has 2 nitrogen and oxygen atoms in total. The van der Waals surface area contributed by atoms with E-state index in [9.17, 15) is 12.7 Å². The molecule has 0 unspecified atom stereocenters. The number of nitrogens with two attached hydrogens (primary N) is 1. The molecule has 0 spiro atoms. The van der Waals surface area contributed by atoms with Crippen molar-refractivity contribution in [1.82, 2.24) is 5.32 Å². The molecule has 0 fully saturated rings. The predicted molar refractivity (Wildman–Crippen MR) is 59.5 cm³/mol. The Hall–Kier alpha value is -1.56. The van der Waals surface area contributed by atoms with Crippen LogP contribution in [0, 0.1) is 11.6 Å². The molecule has 0 saturated carbocycles. The molecule has 1 aromatic rings. The van der Waals surface area contributed by atoms with Crippen LogP contribution in [0.1, 0.15) is 5.56 Å². The standard InChI is InChI=1S/C10H9F3N2S/c11-8-2-1-7(5-9(8)12)10(14)6-15-3-4-16-13/h1-6,15H,14H2/b4-3-,10-6-. The van der Waals surface area contributed by atoms with Gasteiger partial charge in [0.1, 0.15) is 0 Å². The minimum Gasteiger partial charge on any atom is -0.397 e. The molecule has 0 bridgehead atoms. The smallest absolute Gasteiger partial charge is 0.159 e. The van der Waals surface area contributed by atoms with E-state index in [4.69, 9.17) is 5.73 Å². The van der Waals surface area contributed by atoms with E-state index in [0.717, 1.165) is 17.5 Å². The van der Waals surface area contributed by atoms with E-state index >= 15 is 0 Å². The van der Waals surface area contributed by atoms with Crippen LogP contribution in [0.4, 0.5) is 12.7 Å². The first kappa shape index (κ1) is 12.5. The van der Waals surface area contributed by atoms with E-state index in [1.165, 1.54) is 18.5 Å². The van der Waals surface area contributed by atoms with Crippen LogP contribution in [-0.4, -0.2) is 0 Å². The summed E-state index contributed by atoms with van der Waals surface area (Å²) in [7, 11) is 0. The van der Waals surface area contributed by atoms with Gasteiger partial charge < -0.3 is 11.1 Å². The fraction of sp³-hybridized carbons (Fsp3) is 0. The summed E-state index contributed by atoms with van der Waals surface area (Å²) < 4.78 is 37.0. The van der Waals surface area contributed by atoms with E-state index in [2.05, 4.69) is 5.32 Å². The van der Waals surface area contributed by atoms with E-state index in [-0.39, 0.29) is 17.8 Å². The normalized spacial score (nSPS) is 12.1. The average Bonchev–Trinajstić information content (AvgIpc) is 2.28. The minimum absolute atomic E-state index is 0.0308. The number of nitrogens with one attached hydrogen (secondary N) is 1. The summed E-state index contributed by atoms with van der Waals surface area (Å²) in [6, 6.07) is 3.31. The Balaban J connectivity index is 2.75. The van der Waals surface area contributed by atoms with Crippen LogP contribution < -0.4 is 11.1 Å².